The van der Waals surface area contributed by atoms with Crippen molar-refractivity contribution in [3.05, 3.63) is 42.2 Å². The van der Waals surface area contributed by atoms with Gasteiger partial charge in [-0.3, -0.25) is 24.2 Å². The number of likely N-dealkylation sites (tertiary alicyclic amines) is 1. The summed E-state index contributed by atoms with van der Waals surface area (Å²) in [4.78, 5) is 37.7. The molecular weight excluding hydrogens is 308 g/mol. The van der Waals surface area contributed by atoms with Gasteiger partial charge in [-0.25, -0.2) is 0 Å². The topological polar surface area (TPSA) is 84.2 Å². The molecule has 0 spiro atoms. The summed E-state index contributed by atoms with van der Waals surface area (Å²) in [6.45, 7) is 0.486. The molecule has 1 saturated heterocycles. The number of carbonyl (C=O) groups is 2. The van der Waals surface area contributed by atoms with E-state index in [1.165, 1.54) is 9.58 Å². The minimum Gasteiger partial charge on any atom is -0.346 e. The summed E-state index contributed by atoms with van der Waals surface area (Å²) >= 11 is 0. The highest BCUT2D eigenvalue weighted by Crippen LogP contribution is 2.40. The first-order valence-electron chi connectivity index (χ1n) is 7.76. The van der Waals surface area contributed by atoms with E-state index in [4.69, 9.17) is 0 Å². The van der Waals surface area contributed by atoms with Crippen molar-refractivity contribution in [3.63, 3.8) is 0 Å². The van der Waals surface area contributed by atoms with Gasteiger partial charge in [-0.05, 0) is 18.9 Å². The summed E-state index contributed by atoms with van der Waals surface area (Å²) < 4.78 is 1.52. The molecule has 1 fully saturated rings. The zero-order valence-electron chi connectivity index (χ0n) is 14.0. The predicted octanol–water partition coefficient (Wildman–Crippen LogP) is 0.430. The van der Waals surface area contributed by atoms with Crippen molar-refractivity contribution in [2.24, 2.45) is 7.05 Å². The van der Waals surface area contributed by atoms with Crippen LogP contribution in [0.15, 0.2) is 30.9 Å². The monoisotopic (exact) mass is 328 g/mol. The van der Waals surface area contributed by atoms with E-state index in [1.54, 1.807) is 56.9 Å². The maximum atomic E-state index is 13.1. The van der Waals surface area contributed by atoms with E-state index < -0.39 is 5.54 Å². The van der Waals surface area contributed by atoms with Crippen LogP contribution in [-0.2, 0) is 17.4 Å². The number of rotatable bonds is 3. The molecule has 2 aromatic rings. The Kier molecular flexibility index (Phi) is 4.04. The van der Waals surface area contributed by atoms with Crippen LogP contribution in [0.5, 0.6) is 0 Å². The molecule has 0 bridgehead atoms. The number of hydrogen-bond acceptors (Lipinski definition) is 5. The zero-order valence-corrected chi connectivity index (χ0v) is 14.0. The molecule has 8 nitrogen and oxygen atoms in total. The number of likely N-dealkylation sites (N-methyl/N-ethyl adjacent to an activating group) is 1. The molecule has 0 N–H and O–H groups in total. The van der Waals surface area contributed by atoms with Crippen LogP contribution in [-0.4, -0.2) is 62.0 Å². The van der Waals surface area contributed by atoms with Gasteiger partial charge < -0.3 is 9.80 Å². The molecule has 126 valence electrons. The minimum absolute atomic E-state index is 0.170. The molecule has 24 heavy (non-hydrogen) atoms. The second-order valence-electron chi connectivity index (χ2n) is 6.05. The fourth-order valence-corrected chi connectivity index (χ4v) is 3.30. The van der Waals surface area contributed by atoms with E-state index >= 15 is 0 Å². The van der Waals surface area contributed by atoms with Crippen molar-refractivity contribution in [2.45, 2.75) is 18.4 Å². The van der Waals surface area contributed by atoms with Crippen LogP contribution in [0.1, 0.15) is 29.0 Å². The highest BCUT2D eigenvalue weighted by atomic mass is 16.2. The molecule has 0 radical (unpaired) electrons. The standard InChI is InChI=1S/C16H20N6O2/c1-20(2)15(24)16(13-11-17-8-9-18-13)6-4-10-22(16)14(23)12-5-7-19-21(12)3/h5,7-9,11H,4,6,10H2,1-3H3/t16-/m1/s1. The van der Waals surface area contributed by atoms with Crippen LogP contribution in [0, 0.1) is 0 Å². The van der Waals surface area contributed by atoms with Crippen molar-refractivity contribution in [2.75, 3.05) is 20.6 Å². The summed E-state index contributed by atoms with van der Waals surface area (Å²) in [5.74, 6) is -0.399. The normalized spacial score (nSPS) is 20.2. The molecule has 0 aromatic carbocycles. The van der Waals surface area contributed by atoms with Gasteiger partial charge in [0.25, 0.3) is 11.8 Å². The van der Waals surface area contributed by atoms with E-state index in [1.807, 2.05) is 0 Å². The highest BCUT2D eigenvalue weighted by Gasteiger charge is 2.53. The van der Waals surface area contributed by atoms with Gasteiger partial charge >= 0.3 is 0 Å². The Labute approximate surface area is 140 Å². The van der Waals surface area contributed by atoms with Gasteiger partial charge in [-0.1, -0.05) is 0 Å². The number of amides is 2. The molecular formula is C16H20N6O2. The van der Waals surface area contributed by atoms with Gasteiger partial charge in [0.15, 0.2) is 5.54 Å². The molecule has 1 atom stereocenters. The fourth-order valence-electron chi connectivity index (χ4n) is 3.30. The summed E-state index contributed by atoms with van der Waals surface area (Å²) in [5, 5.41) is 4.06. The van der Waals surface area contributed by atoms with E-state index in [-0.39, 0.29) is 11.8 Å². The third-order valence-corrected chi connectivity index (χ3v) is 4.41. The molecule has 2 aromatic heterocycles. The lowest BCUT2D eigenvalue weighted by molar-refractivity contribution is -0.140. The van der Waals surface area contributed by atoms with Crippen molar-refractivity contribution in [1.82, 2.24) is 29.5 Å². The Morgan fingerprint density at radius 2 is 2.04 bits per heavy atom. The maximum absolute atomic E-state index is 13.1. The molecule has 3 rings (SSSR count). The SMILES string of the molecule is CN(C)C(=O)[C@]1(c2cnccn2)CCCN1C(=O)c1ccnn1C. The van der Waals surface area contributed by atoms with E-state index in [2.05, 4.69) is 15.1 Å². The number of hydrogen-bond donors (Lipinski definition) is 0. The Bertz CT molecular complexity index is 757. The first-order valence-corrected chi connectivity index (χ1v) is 7.76. The fraction of sp³-hybridized carbons (Fsp3) is 0.438. The van der Waals surface area contributed by atoms with Gasteiger partial charge in [-0.2, -0.15) is 5.10 Å². The Morgan fingerprint density at radius 1 is 1.25 bits per heavy atom. The zero-order chi connectivity index (χ0) is 17.3. The molecule has 1 aliphatic heterocycles. The average Bonchev–Trinajstić information content (AvgIpc) is 3.21. The van der Waals surface area contributed by atoms with E-state index in [9.17, 15) is 9.59 Å². The smallest absolute Gasteiger partial charge is 0.273 e. The van der Waals surface area contributed by atoms with E-state index in [0.29, 0.717) is 24.4 Å². The molecule has 8 heteroatoms. The van der Waals surface area contributed by atoms with Crippen LogP contribution < -0.4 is 0 Å². The lowest BCUT2D eigenvalue weighted by Crippen LogP contribution is -2.55. The average molecular weight is 328 g/mol. The van der Waals surface area contributed by atoms with Crippen molar-refractivity contribution < 1.29 is 9.59 Å². The van der Waals surface area contributed by atoms with Crippen molar-refractivity contribution in [3.8, 4) is 0 Å². The summed E-state index contributed by atoms with van der Waals surface area (Å²) in [7, 11) is 5.08. The molecule has 3 heterocycles. The Morgan fingerprint density at radius 3 is 2.62 bits per heavy atom. The van der Waals surface area contributed by atoms with Crippen LogP contribution in [0.2, 0.25) is 0 Å². The number of aromatic nitrogens is 4. The van der Waals surface area contributed by atoms with Crippen molar-refractivity contribution in [1.29, 1.82) is 0 Å². The minimum atomic E-state index is -1.13. The second-order valence-corrected chi connectivity index (χ2v) is 6.05. The number of nitrogens with zero attached hydrogens (tertiary/aromatic N) is 6. The van der Waals surface area contributed by atoms with Crippen LogP contribution in [0.3, 0.4) is 0 Å². The Hall–Kier alpha value is -2.77. The maximum Gasteiger partial charge on any atom is 0.273 e. The quantitative estimate of drug-likeness (QED) is 0.816. The van der Waals surface area contributed by atoms with Crippen LogP contribution >= 0.6 is 0 Å². The second kappa shape index (κ2) is 6.03. The molecule has 0 unspecified atom stereocenters. The lowest BCUT2D eigenvalue weighted by Gasteiger charge is -2.38. The van der Waals surface area contributed by atoms with Crippen LogP contribution in [0.4, 0.5) is 0 Å². The third kappa shape index (κ3) is 2.34. The molecule has 0 saturated carbocycles. The Balaban J connectivity index is 2.12. The summed E-state index contributed by atoms with van der Waals surface area (Å²) in [5.41, 5.74) is -0.188. The van der Waals surface area contributed by atoms with Gasteiger partial charge in [0, 0.05) is 46.3 Å². The molecule has 0 aliphatic carbocycles. The predicted molar refractivity (Wildman–Crippen MR) is 85.9 cm³/mol. The van der Waals surface area contributed by atoms with Gasteiger partial charge in [-0.15, -0.1) is 0 Å². The third-order valence-electron chi connectivity index (χ3n) is 4.41. The number of aryl methyl sites for hydroxylation is 1. The van der Waals surface area contributed by atoms with Gasteiger partial charge in [0.05, 0.1) is 11.9 Å². The molecule has 2 amide bonds. The van der Waals surface area contributed by atoms with E-state index in [0.717, 1.165) is 6.42 Å². The van der Waals surface area contributed by atoms with Crippen LogP contribution in [0.25, 0.3) is 0 Å². The number of carbonyl (C=O) groups excluding carboxylic acids is 2. The first kappa shape index (κ1) is 16.1. The largest absolute Gasteiger partial charge is 0.346 e. The molecule has 1 aliphatic rings. The van der Waals surface area contributed by atoms with Gasteiger partial charge in [0.2, 0.25) is 0 Å². The van der Waals surface area contributed by atoms with Crippen molar-refractivity contribution >= 4 is 11.8 Å². The lowest BCUT2D eigenvalue weighted by atomic mass is 9.90. The summed E-state index contributed by atoms with van der Waals surface area (Å²) in [6, 6.07) is 1.65. The first-order chi connectivity index (χ1) is 11.5. The van der Waals surface area contributed by atoms with Gasteiger partial charge in [0.1, 0.15) is 5.69 Å². The summed E-state index contributed by atoms with van der Waals surface area (Å²) in [6.07, 6.45) is 7.48. The highest BCUT2D eigenvalue weighted by molar-refractivity contribution is 5.98.